The van der Waals surface area contributed by atoms with E-state index in [9.17, 15) is 4.79 Å². The van der Waals surface area contributed by atoms with Crippen LogP contribution < -0.4 is 15.1 Å². The van der Waals surface area contributed by atoms with Gasteiger partial charge in [-0.2, -0.15) is 4.52 Å². The van der Waals surface area contributed by atoms with E-state index in [1.165, 1.54) is 0 Å². The van der Waals surface area contributed by atoms with Gasteiger partial charge in [-0.25, -0.2) is 4.68 Å². The minimum atomic E-state index is -0.116. The average molecular weight is 490 g/mol. The molecule has 3 rings (SSSR count). The molecule has 0 atom stereocenters. The molecule has 2 heterocycles. The summed E-state index contributed by atoms with van der Waals surface area (Å²) in [6, 6.07) is 5.77. The highest BCUT2D eigenvalue weighted by Crippen LogP contribution is 2.28. The van der Waals surface area contributed by atoms with Crippen LogP contribution in [-0.4, -0.2) is 45.4 Å². The number of Topliss-reactive ketones (excluding diaryl/α,β-unsaturated/α-hetero) is 1. The predicted molar refractivity (Wildman–Crippen MR) is 136 cm³/mol. The first-order valence-corrected chi connectivity index (χ1v) is 11.4. The van der Waals surface area contributed by atoms with E-state index in [2.05, 4.69) is 42.9 Å². The molecular weight excluding hydrogens is 454 g/mol. The Morgan fingerprint density at radius 3 is 2.35 bits per heavy atom. The molecule has 0 saturated heterocycles. The van der Waals surface area contributed by atoms with Gasteiger partial charge in [0.1, 0.15) is 12.3 Å². The van der Waals surface area contributed by atoms with Gasteiger partial charge in [0, 0.05) is 23.7 Å². The number of halogens is 1. The molecule has 0 aliphatic rings. The number of nitrogens with zero attached hydrogens (tertiary/aromatic N) is 5. The van der Waals surface area contributed by atoms with Crippen molar-refractivity contribution in [3.05, 3.63) is 46.1 Å². The number of carbonyl (C=O) groups is 1. The highest BCUT2D eigenvalue weighted by molar-refractivity contribution is 5.96. The van der Waals surface area contributed by atoms with Gasteiger partial charge in [-0.3, -0.25) is 9.79 Å². The zero-order chi connectivity index (χ0) is 24.3. The third-order valence-corrected chi connectivity index (χ3v) is 5.59. The number of hydrogen-bond donors (Lipinski definition) is 0. The third-order valence-electron chi connectivity index (χ3n) is 5.59. The Morgan fingerprint density at radius 1 is 1.06 bits per heavy atom. The maximum Gasteiger partial charge on any atom is 0.245 e. The van der Waals surface area contributed by atoms with E-state index < -0.39 is 0 Å². The summed E-state index contributed by atoms with van der Waals surface area (Å²) >= 11 is 0. The van der Waals surface area contributed by atoms with Gasteiger partial charge in [-0.1, -0.05) is 27.7 Å². The number of aryl methyl sites for hydroxylation is 1. The number of carbonyl (C=O) groups excluding carboxylic acids is 1. The fourth-order valence-corrected chi connectivity index (χ4v) is 3.54. The zero-order valence-corrected chi connectivity index (χ0v) is 22.2. The number of aromatic nitrogens is 4. The van der Waals surface area contributed by atoms with Crippen LogP contribution >= 0.6 is 12.4 Å². The van der Waals surface area contributed by atoms with Crippen molar-refractivity contribution in [3.63, 3.8) is 0 Å². The Morgan fingerprint density at radius 2 is 1.76 bits per heavy atom. The lowest BCUT2D eigenvalue weighted by atomic mass is 9.85. The van der Waals surface area contributed by atoms with E-state index in [4.69, 9.17) is 9.47 Å². The summed E-state index contributed by atoms with van der Waals surface area (Å²) in [7, 11) is 1.67. The van der Waals surface area contributed by atoms with Crippen LogP contribution in [0.5, 0.6) is 11.6 Å². The molecule has 0 unspecified atom stereocenters. The number of fused-ring (bicyclic) bond motifs is 1. The van der Waals surface area contributed by atoms with Gasteiger partial charge in [-0.15, -0.1) is 22.6 Å². The second-order valence-corrected chi connectivity index (χ2v) is 9.17. The van der Waals surface area contributed by atoms with Crippen LogP contribution in [0.2, 0.25) is 0 Å². The van der Waals surface area contributed by atoms with Gasteiger partial charge < -0.3 is 9.47 Å². The number of ether oxygens (including phenoxy) is 2. The molecule has 3 aromatic rings. The number of hydrogen-bond acceptors (Lipinski definition) is 6. The van der Waals surface area contributed by atoms with Crippen LogP contribution in [0.3, 0.4) is 0 Å². The third kappa shape index (κ3) is 5.60. The summed E-state index contributed by atoms with van der Waals surface area (Å²) in [5.74, 6) is 1.18. The predicted octanol–water partition coefficient (Wildman–Crippen LogP) is 4.47. The van der Waals surface area contributed by atoms with Crippen LogP contribution in [0.4, 0.5) is 0 Å². The number of ketones is 1. The molecule has 0 fully saturated rings. The van der Waals surface area contributed by atoms with Crippen molar-refractivity contribution >= 4 is 23.8 Å². The van der Waals surface area contributed by atoms with Crippen LogP contribution in [-0.2, 0) is 12.0 Å². The van der Waals surface area contributed by atoms with E-state index in [0.29, 0.717) is 41.7 Å². The molecule has 0 radical (unpaired) electrons. The standard InChI is InChI=1S/C25H35N5O3.ClH/c1-9-11-33-20-13-18(12-19(14-20)25(5,6)7)21(31)15-29-24(26-8)30-22(27-29)16(3)17(4)23(28-30)32-10-2;/h12-14H,9-11,15H2,1-8H3;1H. The molecule has 0 spiro atoms. The molecule has 0 aliphatic heterocycles. The molecule has 1 aromatic carbocycles. The first-order valence-electron chi connectivity index (χ1n) is 11.4. The van der Waals surface area contributed by atoms with Gasteiger partial charge in [0.25, 0.3) is 0 Å². The van der Waals surface area contributed by atoms with Crippen molar-refractivity contribution in [2.75, 3.05) is 20.3 Å². The minimum absolute atomic E-state index is 0. The molecular formula is C25H36ClN5O3. The van der Waals surface area contributed by atoms with Crippen LogP contribution in [0, 0.1) is 13.8 Å². The monoisotopic (exact) mass is 489 g/mol. The van der Waals surface area contributed by atoms with Crippen molar-refractivity contribution in [2.24, 2.45) is 4.99 Å². The topological polar surface area (TPSA) is 83.0 Å². The lowest BCUT2D eigenvalue weighted by Crippen LogP contribution is -2.28. The quantitative estimate of drug-likeness (QED) is 0.436. The van der Waals surface area contributed by atoms with Crippen molar-refractivity contribution in [2.45, 2.75) is 66.8 Å². The number of benzene rings is 1. The van der Waals surface area contributed by atoms with E-state index in [0.717, 1.165) is 23.1 Å². The lowest BCUT2D eigenvalue weighted by Gasteiger charge is -2.21. The summed E-state index contributed by atoms with van der Waals surface area (Å²) in [5, 5.41) is 9.25. The van der Waals surface area contributed by atoms with E-state index in [1.807, 2.05) is 39.0 Å². The molecule has 186 valence electrons. The first kappa shape index (κ1) is 27.4. The molecule has 2 aromatic heterocycles. The summed E-state index contributed by atoms with van der Waals surface area (Å²) in [5.41, 5.74) is 4.53. The van der Waals surface area contributed by atoms with E-state index in [1.54, 1.807) is 16.2 Å². The van der Waals surface area contributed by atoms with Gasteiger partial charge >= 0.3 is 0 Å². The summed E-state index contributed by atoms with van der Waals surface area (Å²) < 4.78 is 14.8. The van der Waals surface area contributed by atoms with Gasteiger partial charge in [0.05, 0.1) is 13.2 Å². The Labute approximate surface area is 207 Å². The molecule has 8 nitrogen and oxygen atoms in total. The SMILES string of the molecule is CCCOc1cc(C(=O)Cn2nc3c(C)c(C)c(OCC)nn3c2=NC)cc(C(C)(C)C)c1.Cl. The maximum absolute atomic E-state index is 13.4. The molecule has 0 amide bonds. The Hall–Kier alpha value is -2.87. The Kier molecular flexibility index (Phi) is 8.89. The minimum Gasteiger partial charge on any atom is -0.494 e. The van der Waals surface area contributed by atoms with Crippen molar-refractivity contribution in [1.82, 2.24) is 19.4 Å². The molecule has 0 N–H and O–H groups in total. The van der Waals surface area contributed by atoms with Crippen LogP contribution in [0.1, 0.15) is 68.1 Å². The second kappa shape index (κ2) is 11.0. The Balaban J connectivity index is 0.00000408. The first-order chi connectivity index (χ1) is 15.6. The Bertz CT molecular complexity index is 1240. The van der Waals surface area contributed by atoms with E-state index in [-0.39, 0.29) is 30.2 Å². The van der Waals surface area contributed by atoms with Gasteiger partial charge in [0.15, 0.2) is 11.4 Å². The van der Waals surface area contributed by atoms with Crippen molar-refractivity contribution in [1.29, 1.82) is 0 Å². The van der Waals surface area contributed by atoms with Crippen LogP contribution in [0.15, 0.2) is 23.2 Å². The van der Waals surface area contributed by atoms with Crippen molar-refractivity contribution < 1.29 is 14.3 Å². The van der Waals surface area contributed by atoms with Gasteiger partial charge in [-0.05, 0) is 56.4 Å². The largest absolute Gasteiger partial charge is 0.494 e. The lowest BCUT2D eigenvalue weighted by molar-refractivity contribution is 0.0965. The normalized spacial score (nSPS) is 12.1. The summed E-state index contributed by atoms with van der Waals surface area (Å²) in [6.07, 6.45) is 0.900. The van der Waals surface area contributed by atoms with Crippen molar-refractivity contribution in [3.8, 4) is 11.6 Å². The fourth-order valence-electron chi connectivity index (χ4n) is 3.54. The molecule has 0 saturated carbocycles. The summed E-state index contributed by atoms with van der Waals surface area (Å²) in [4.78, 5) is 17.7. The molecule has 0 aliphatic carbocycles. The zero-order valence-electron chi connectivity index (χ0n) is 21.4. The van der Waals surface area contributed by atoms with Crippen LogP contribution in [0.25, 0.3) is 5.65 Å². The average Bonchev–Trinajstić information content (AvgIpc) is 3.12. The smallest absolute Gasteiger partial charge is 0.245 e. The fraction of sp³-hybridized carbons (Fsp3) is 0.520. The molecule has 0 bridgehead atoms. The van der Waals surface area contributed by atoms with E-state index >= 15 is 0 Å². The molecule has 34 heavy (non-hydrogen) atoms. The summed E-state index contributed by atoms with van der Waals surface area (Å²) in [6.45, 7) is 15.4. The highest BCUT2D eigenvalue weighted by Gasteiger charge is 2.20. The van der Waals surface area contributed by atoms with Gasteiger partial charge in [0.2, 0.25) is 11.5 Å². The maximum atomic E-state index is 13.4. The highest BCUT2D eigenvalue weighted by atomic mass is 35.5. The second-order valence-electron chi connectivity index (χ2n) is 9.17. The molecule has 9 heteroatoms. The number of rotatable bonds is 8.